The van der Waals surface area contributed by atoms with Crippen molar-refractivity contribution in [3.05, 3.63) is 35.9 Å². The summed E-state index contributed by atoms with van der Waals surface area (Å²) in [5.41, 5.74) is 0.136. The van der Waals surface area contributed by atoms with Crippen molar-refractivity contribution in [3.8, 4) is 0 Å². The summed E-state index contributed by atoms with van der Waals surface area (Å²) in [5.74, 6) is -0.508. The van der Waals surface area contributed by atoms with E-state index >= 15 is 0 Å². The highest BCUT2D eigenvalue weighted by atomic mass is 16.6. The molecule has 0 bridgehead atoms. The Labute approximate surface area is 202 Å². The monoisotopic (exact) mass is 473 g/mol. The summed E-state index contributed by atoms with van der Waals surface area (Å²) >= 11 is 0. The maximum absolute atomic E-state index is 13.0. The molecule has 2 rings (SSSR count). The van der Waals surface area contributed by atoms with Crippen LogP contribution in [-0.4, -0.2) is 47.9 Å². The van der Waals surface area contributed by atoms with E-state index in [2.05, 4.69) is 16.0 Å². The van der Waals surface area contributed by atoms with Gasteiger partial charge in [0, 0.05) is 6.42 Å². The predicted octanol–water partition coefficient (Wildman–Crippen LogP) is 3.28. The van der Waals surface area contributed by atoms with Crippen LogP contribution in [-0.2, 0) is 25.5 Å². The number of hydrogen-bond acceptors (Lipinski definition) is 5. The maximum Gasteiger partial charge on any atom is 0.408 e. The topological polar surface area (TPSA) is 114 Å². The first-order valence-electron chi connectivity index (χ1n) is 12.2. The van der Waals surface area contributed by atoms with Gasteiger partial charge in [0.1, 0.15) is 24.0 Å². The Kier molecular flexibility index (Phi) is 10.5. The van der Waals surface area contributed by atoms with Crippen LogP contribution in [0.5, 0.6) is 0 Å². The van der Waals surface area contributed by atoms with Crippen molar-refractivity contribution in [1.82, 2.24) is 16.0 Å². The van der Waals surface area contributed by atoms with Gasteiger partial charge in [-0.05, 0) is 45.6 Å². The fourth-order valence-corrected chi connectivity index (χ4v) is 4.13. The van der Waals surface area contributed by atoms with Crippen LogP contribution >= 0.6 is 0 Å². The van der Waals surface area contributed by atoms with E-state index in [0.717, 1.165) is 37.5 Å². The van der Waals surface area contributed by atoms with Crippen molar-refractivity contribution in [2.45, 2.75) is 96.4 Å². The van der Waals surface area contributed by atoms with Crippen LogP contribution in [0.4, 0.5) is 4.79 Å². The molecule has 188 valence electrons. The number of alkyl carbamates (subject to hydrolysis) is 1. The number of benzene rings is 1. The minimum Gasteiger partial charge on any atom is -0.444 e. The normalized spacial score (nSPS) is 17.1. The molecule has 0 aliphatic heterocycles. The third kappa shape index (κ3) is 9.93. The molecule has 0 aromatic heterocycles. The van der Waals surface area contributed by atoms with Gasteiger partial charge in [-0.25, -0.2) is 4.79 Å². The highest BCUT2D eigenvalue weighted by Crippen LogP contribution is 2.27. The highest BCUT2D eigenvalue weighted by molar-refractivity contribution is 5.92. The first kappa shape index (κ1) is 27.3. The Morgan fingerprint density at radius 2 is 1.65 bits per heavy atom. The van der Waals surface area contributed by atoms with E-state index in [-0.39, 0.29) is 6.42 Å². The fraction of sp³-hybridized carbons (Fsp3) is 0.615. The summed E-state index contributed by atoms with van der Waals surface area (Å²) in [6.45, 7) is 6.77. The van der Waals surface area contributed by atoms with Crippen molar-refractivity contribution in [3.63, 3.8) is 0 Å². The number of hydrogen-bond donors (Lipinski definition) is 3. The summed E-state index contributed by atoms with van der Waals surface area (Å²) in [4.78, 5) is 49.6. The lowest BCUT2D eigenvalue weighted by Crippen LogP contribution is -2.55. The van der Waals surface area contributed by atoms with Crippen LogP contribution in [0.25, 0.3) is 0 Å². The van der Waals surface area contributed by atoms with Gasteiger partial charge < -0.3 is 25.5 Å². The van der Waals surface area contributed by atoms with Gasteiger partial charge in [-0.1, -0.05) is 62.4 Å². The van der Waals surface area contributed by atoms with Crippen LogP contribution in [0.3, 0.4) is 0 Å². The molecule has 0 heterocycles. The molecule has 1 aromatic carbocycles. The minimum absolute atomic E-state index is 0.235. The van der Waals surface area contributed by atoms with Gasteiger partial charge in [-0.3, -0.25) is 9.59 Å². The third-order valence-corrected chi connectivity index (χ3v) is 5.85. The highest BCUT2D eigenvalue weighted by Gasteiger charge is 2.28. The van der Waals surface area contributed by atoms with Crippen molar-refractivity contribution in [2.24, 2.45) is 5.92 Å². The zero-order chi connectivity index (χ0) is 25.1. The predicted molar refractivity (Wildman–Crippen MR) is 130 cm³/mol. The molecule has 1 aromatic rings. The van der Waals surface area contributed by atoms with Crippen molar-refractivity contribution in [2.75, 3.05) is 0 Å². The Bertz CT molecular complexity index is 815. The van der Waals surface area contributed by atoms with E-state index < -0.39 is 41.6 Å². The second-order valence-electron chi connectivity index (χ2n) is 10.1. The zero-order valence-corrected chi connectivity index (χ0v) is 20.8. The van der Waals surface area contributed by atoms with Gasteiger partial charge in [0.2, 0.25) is 11.8 Å². The molecule has 8 heteroatoms. The minimum atomic E-state index is -0.934. The van der Waals surface area contributed by atoms with E-state index in [1.807, 2.05) is 30.3 Å². The average molecular weight is 474 g/mol. The largest absolute Gasteiger partial charge is 0.444 e. The quantitative estimate of drug-likeness (QED) is 0.451. The molecule has 0 unspecified atom stereocenters. The molecule has 1 saturated carbocycles. The van der Waals surface area contributed by atoms with Gasteiger partial charge >= 0.3 is 6.09 Å². The number of carbonyl (C=O) groups is 4. The summed E-state index contributed by atoms with van der Waals surface area (Å²) in [5, 5.41) is 8.02. The first-order valence-corrected chi connectivity index (χ1v) is 12.2. The molecule has 3 atom stereocenters. The van der Waals surface area contributed by atoms with Gasteiger partial charge in [0.05, 0.1) is 6.04 Å². The molecule has 0 spiro atoms. The van der Waals surface area contributed by atoms with Crippen molar-refractivity contribution < 1.29 is 23.9 Å². The fourth-order valence-electron chi connectivity index (χ4n) is 4.13. The SMILES string of the molecule is C[C@H](NC(=O)[C@H](Cc1ccccc1)NC(=O)OC(C)(C)C)C(=O)N[C@H](C=O)CC1CCCCC1. The van der Waals surface area contributed by atoms with Crippen LogP contribution in [0, 0.1) is 5.92 Å². The van der Waals surface area contributed by atoms with E-state index in [1.54, 1.807) is 27.7 Å². The molecule has 1 fully saturated rings. The van der Waals surface area contributed by atoms with Gasteiger partial charge in [0.25, 0.3) is 0 Å². The lowest BCUT2D eigenvalue weighted by molar-refractivity contribution is -0.130. The molecule has 0 radical (unpaired) electrons. The van der Waals surface area contributed by atoms with E-state index in [4.69, 9.17) is 4.74 Å². The molecule has 3 amide bonds. The van der Waals surface area contributed by atoms with Crippen LogP contribution in [0.2, 0.25) is 0 Å². The molecule has 34 heavy (non-hydrogen) atoms. The lowest BCUT2D eigenvalue weighted by atomic mass is 9.85. The summed E-state index contributed by atoms with van der Waals surface area (Å²) < 4.78 is 5.30. The Balaban J connectivity index is 1.98. The van der Waals surface area contributed by atoms with E-state index in [9.17, 15) is 19.2 Å². The van der Waals surface area contributed by atoms with E-state index in [0.29, 0.717) is 12.3 Å². The number of amides is 3. The molecule has 3 N–H and O–H groups in total. The molecule has 8 nitrogen and oxygen atoms in total. The van der Waals surface area contributed by atoms with Crippen LogP contribution in [0.15, 0.2) is 30.3 Å². The van der Waals surface area contributed by atoms with Gasteiger partial charge in [-0.2, -0.15) is 0 Å². The summed E-state index contributed by atoms with van der Waals surface area (Å²) in [6, 6.07) is 6.88. The van der Waals surface area contributed by atoms with Crippen molar-refractivity contribution >= 4 is 24.2 Å². The van der Waals surface area contributed by atoms with Crippen LogP contribution in [0.1, 0.15) is 71.8 Å². The molecule has 1 aliphatic rings. The molecule has 1 aliphatic carbocycles. The van der Waals surface area contributed by atoms with Gasteiger partial charge in [0.15, 0.2) is 0 Å². The first-order chi connectivity index (χ1) is 16.1. The second-order valence-corrected chi connectivity index (χ2v) is 10.1. The molecular weight excluding hydrogens is 434 g/mol. The second kappa shape index (κ2) is 13.1. The van der Waals surface area contributed by atoms with Crippen molar-refractivity contribution in [1.29, 1.82) is 0 Å². The zero-order valence-electron chi connectivity index (χ0n) is 20.8. The summed E-state index contributed by atoms with van der Waals surface area (Å²) in [6.07, 6.45) is 6.59. The number of nitrogens with one attached hydrogen (secondary N) is 3. The molecular formula is C26H39N3O5. The number of carbonyl (C=O) groups excluding carboxylic acids is 4. The maximum atomic E-state index is 13.0. The standard InChI is InChI=1S/C26H39N3O5/c1-18(23(31)28-21(17-30)15-19-11-7-5-8-12-19)27-24(32)22(16-20-13-9-6-10-14-20)29-25(33)34-26(2,3)4/h6,9-10,13-14,17-19,21-22H,5,7-8,11-12,15-16H2,1-4H3,(H,27,32)(H,28,31)(H,29,33)/t18-,21-,22-/m0/s1. The Morgan fingerprint density at radius 3 is 2.24 bits per heavy atom. The smallest absolute Gasteiger partial charge is 0.408 e. The third-order valence-electron chi connectivity index (χ3n) is 5.85. The van der Waals surface area contributed by atoms with Crippen LogP contribution < -0.4 is 16.0 Å². The van der Waals surface area contributed by atoms with Gasteiger partial charge in [-0.15, -0.1) is 0 Å². The molecule has 0 saturated heterocycles. The Morgan fingerprint density at radius 1 is 1.00 bits per heavy atom. The van der Waals surface area contributed by atoms with E-state index in [1.165, 1.54) is 6.42 Å². The number of rotatable bonds is 10. The summed E-state index contributed by atoms with van der Waals surface area (Å²) in [7, 11) is 0. The lowest BCUT2D eigenvalue weighted by Gasteiger charge is -2.26. The number of aldehydes is 1. The Hall–Kier alpha value is -2.90. The number of ether oxygens (including phenoxy) is 1. The average Bonchev–Trinajstić information content (AvgIpc) is 2.78.